The van der Waals surface area contributed by atoms with Crippen molar-refractivity contribution in [3.05, 3.63) is 12.2 Å². The lowest BCUT2D eigenvalue weighted by molar-refractivity contribution is -0.161. The summed E-state index contributed by atoms with van der Waals surface area (Å²) >= 11 is 17.8. The highest BCUT2D eigenvalue weighted by Crippen LogP contribution is 2.50. The van der Waals surface area contributed by atoms with Crippen LogP contribution in [0.15, 0.2) is 12.2 Å². The van der Waals surface area contributed by atoms with Crippen molar-refractivity contribution >= 4 is 70.4 Å². The quantitative estimate of drug-likeness (QED) is 0.295. The monoisotopic (exact) mass is 487 g/mol. The van der Waals surface area contributed by atoms with Gasteiger partial charge in [-0.15, -0.1) is 11.8 Å². The summed E-state index contributed by atoms with van der Waals surface area (Å²) in [5, 5.41) is 13.8. The van der Waals surface area contributed by atoms with Crippen LogP contribution in [-0.4, -0.2) is 72.5 Å². The third-order valence-corrected chi connectivity index (χ3v) is 6.18. The number of carbonyl (C=O) groups excluding carboxylic acids is 3. The predicted octanol–water partition coefficient (Wildman–Crippen LogP) is 1.66. The van der Waals surface area contributed by atoms with Crippen molar-refractivity contribution in [3.8, 4) is 0 Å². The van der Waals surface area contributed by atoms with Gasteiger partial charge in [-0.05, 0) is 20.8 Å². The zero-order chi connectivity index (χ0) is 22.1. The van der Waals surface area contributed by atoms with Gasteiger partial charge in [-0.1, -0.05) is 47.0 Å². The molecule has 3 N–H and O–H groups in total. The molecule has 2 aliphatic heterocycles. The normalized spacial score (nSPS) is 26.5. The van der Waals surface area contributed by atoms with Crippen molar-refractivity contribution in [2.45, 2.75) is 52.8 Å². The van der Waals surface area contributed by atoms with Crippen molar-refractivity contribution in [2.24, 2.45) is 0 Å². The summed E-state index contributed by atoms with van der Waals surface area (Å²) in [7, 11) is 0. The van der Waals surface area contributed by atoms with E-state index in [2.05, 4.69) is 10.6 Å². The zero-order valence-corrected chi connectivity index (χ0v) is 18.7. The first kappa shape index (κ1) is 23.9. The van der Waals surface area contributed by atoms with E-state index in [1.54, 1.807) is 20.8 Å². The Morgan fingerprint density at radius 3 is 2.52 bits per heavy atom. The van der Waals surface area contributed by atoms with Crippen molar-refractivity contribution in [2.75, 3.05) is 6.61 Å². The number of nitrogens with one attached hydrogen (secondary N) is 2. The number of carbonyl (C=O) groups is 4. The maximum atomic E-state index is 12.6. The number of thioether (sulfide) groups is 1. The van der Waals surface area contributed by atoms with Crippen LogP contribution in [0.5, 0.6) is 0 Å². The van der Waals surface area contributed by atoms with E-state index in [0.717, 1.165) is 0 Å². The molecule has 9 nitrogen and oxygen atoms in total. The average molecular weight is 489 g/mol. The van der Waals surface area contributed by atoms with Crippen LogP contribution in [-0.2, 0) is 19.1 Å². The van der Waals surface area contributed by atoms with Crippen LogP contribution in [0.3, 0.4) is 0 Å². The second kappa shape index (κ2) is 8.79. The Morgan fingerprint density at radius 2 is 2.00 bits per heavy atom. The van der Waals surface area contributed by atoms with E-state index in [4.69, 9.17) is 39.5 Å². The molecule has 29 heavy (non-hydrogen) atoms. The molecule has 0 aromatic heterocycles. The zero-order valence-electron chi connectivity index (χ0n) is 15.6. The molecular weight excluding hydrogens is 469 g/mol. The fourth-order valence-electron chi connectivity index (χ4n) is 3.10. The lowest BCUT2D eigenvalue weighted by Crippen LogP contribution is -2.71. The minimum atomic E-state index is -1.80. The molecule has 0 spiro atoms. The number of rotatable bonds is 6. The molecule has 2 fully saturated rings. The number of aliphatic carboxylic acids is 1. The Hall–Kier alpha value is -1.36. The number of nitrogens with zero attached hydrogens (tertiary/aromatic N) is 1. The number of hydrogen-bond acceptors (Lipinski definition) is 6. The van der Waals surface area contributed by atoms with Gasteiger partial charge < -0.3 is 25.4 Å². The highest BCUT2D eigenvalue weighted by Gasteiger charge is 2.64. The van der Waals surface area contributed by atoms with Gasteiger partial charge in [-0.25, -0.2) is 9.59 Å². The number of amides is 3. The van der Waals surface area contributed by atoms with Gasteiger partial charge in [0, 0.05) is 4.75 Å². The molecule has 0 bridgehead atoms. The maximum absolute atomic E-state index is 12.6. The fourth-order valence-corrected chi connectivity index (χ4v) is 4.89. The number of alkyl carbamates (subject to hydrolysis) is 1. The molecule has 2 heterocycles. The number of ether oxygens (including phenoxy) is 1. The predicted molar refractivity (Wildman–Crippen MR) is 109 cm³/mol. The van der Waals surface area contributed by atoms with Gasteiger partial charge in [0.15, 0.2) is 0 Å². The standard InChI is InChI=1S/C16H20Cl3N3O6S/c1-4-5-7(20-14(27)28-6-16(17,18)19)10(23)21-8-11(24)22-9(13(25)26)15(2,3)29-12(8)22/h4-5,7-9,12H,6H2,1-3H3,(H,20,27)(H,21,23)(H,25,26)/b5-4+/t7?,8-,9-,12+/m0/s1. The Kier molecular flexibility index (Phi) is 7.25. The molecule has 1 unspecified atom stereocenters. The molecule has 2 aliphatic rings. The van der Waals surface area contributed by atoms with Gasteiger partial charge in [0.25, 0.3) is 0 Å². The van der Waals surface area contributed by atoms with E-state index in [1.165, 1.54) is 28.8 Å². The first-order valence-corrected chi connectivity index (χ1v) is 10.5. The Labute approximate surface area is 186 Å². The summed E-state index contributed by atoms with van der Waals surface area (Å²) in [6.45, 7) is 4.57. The number of alkyl halides is 3. The molecule has 162 valence electrons. The number of fused-ring (bicyclic) bond motifs is 1. The molecule has 0 aromatic rings. The van der Waals surface area contributed by atoms with Crippen molar-refractivity contribution in [1.29, 1.82) is 0 Å². The smallest absolute Gasteiger partial charge is 0.408 e. The Balaban J connectivity index is 2.01. The summed E-state index contributed by atoms with van der Waals surface area (Å²) in [5.41, 5.74) is 0. The Morgan fingerprint density at radius 1 is 1.38 bits per heavy atom. The average Bonchev–Trinajstić information content (AvgIpc) is 2.85. The van der Waals surface area contributed by atoms with E-state index >= 15 is 0 Å². The first-order chi connectivity index (χ1) is 13.3. The number of β-lactam (4-membered cyclic amide) rings is 1. The lowest BCUT2D eigenvalue weighted by atomic mass is 9.96. The maximum Gasteiger partial charge on any atom is 0.408 e. The number of halogens is 3. The van der Waals surface area contributed by atoms with E-state index in [9.17, 15) is 24.3 Å². The van der Waals surface area contributed by atoms with Crippen LogP contribution in [0, 0.1) is 0 Å². The van der Waals surface area contributed by atoms with Crippen LogP contribution in [0.25, 0.3) is 0 Å². The van der Waals surface area contributed by atoms with Crippen molar-refractivity contribution < 1.29 is 29.0 Å². The molecular formula is C16H20Cl3N3O6S. The minimum Gasteiger partial charge on any atom is -0.480 e. The summed E-state index contributed by atoms with van der Waals surface area (Å²) in [6, 6.07) is -3.03. The van der Waals surface area contributed by atoms with Gasteiger partial charge in [-0.3, -0.25) is 9.59 Å². The molecule has 0 radical (unpaired) electrons. The molecule has 3 amide bonds. The highest BCUT2D eigenvalue weighted by molar-refractivity contribution is 8.01. The van der Waals surface area contributed by atoms with Gasteiger partial charge in [0.1, 0.15) is 30.1 Å². The van der Waals surface area contributed by atoms with E-state index in [-0.39, 0.29) is 0 Å². The molecule has 0 saturated carbocycles. The molecule has 0 aliphatic carbocycles. The molecule has 4 atom stereocenters. The van der Waals surface area contributed by atoms with Gasteiger partial charge >= 0.3 is 12.1 Å². The third kappa shape index (κ3) is 5.42. The second-order valence-corrected chi connectivity index (χ2v) is 11.2. The van der Waals surface area contributed by atoms with Crippen LogP contribution < -0.4 is 10.6 Å². The minimum absolute atomic E-state index is 0.494. The second-order valence-electron chi connectivity index (χ2n) is 6.92. The van der Waals surface area contributed by atoms with Gasteiger partial charge in [0.05, 0.1) is 0 Å². The number of hydrogen-bond donors (Lipinski definition) is 3. The number of carboxylic acid groups (broad SMARTS) is 1. The lowest BCUT2D eigenvalue weighted by Gasteiger charge is -2.43. The van der Waals surface area contributed by atoms with Crippen LogP contribution >= 0.6 is 46.6 Å². The van der Waals surface area contributed by atoms with Crippen LogP contribution in [0.4, 0.5) is 4.79 Å². The highest BCUT2D eigenvalue weighted by atomic mass is 35.6. The van der Waals surface area contributed by atoms with Crippen LogP contribution in [0.2, 0.25) is 0 Å². The SMILES string of the molecule is C/C=C/C(NC(=O)OCC(Cl)(Cl)Cl)C(=O)N[C@H]1C(=O)N2[C@@H]1SC(C)(C)[C@@H]2C(=O)O. The topological polar surface area (TPSA) is 125 Å². The molecule has 0 aromatic carbocycles. The molecule has 2 saturated heterocycles. The molecule has 13 heteroatoms. The van der Waals surface area contributed by atoms with Crippen molar-refractivity contribution in [1.82, 2.24) is 15.5 Å². The number of allylic oxidation sites excluding steroid dienone is 1. The third-order valence-electron chi connectivity index (χ3n) is 4.28. The molecule has 2 rings (SSSR count). The van der Waals surface area contributed by atoms with Crippen LogP contribution in [0.1, 0.15) is 20.8 Å². The van der Waals surface area contributed by atoms with Crippen molar-refractivity contribution in [3.63, 3.8) is 0 Å². The number of carboxylic acids is 1. The van der Waals surface area contributed by atoms with E-state index < -0.39 is 62.5 Å². The summed E-state index contributed by atoms with van der Waals surface area (Å²) in [5.74, 6) is -2.26. The van der Waals surface area contributed by atoms with Gasteiger partial charge in [-0.2, -0.15) is 0 Å². The van der Waals surface area contributed by atoms with E-state index in [1.807, 2.05) is 0 Å². The Bertz CT molecular complexity index is 742. The van der Waals surface area contributed by atoms with E-state index in [0.29, 0.717) is 0 Å². The summed E-state index contributed by atoms with van der Waals surface area (Å²) < 4.78 is 2.22. The summed E-state index contributed by atoms with van der Waals surface area (Å²) in [4.78, 5) is 49.7. The fraction of sp³-hybridized carbons (Fsp3) is 0.625. The summed E-state index contributed by atoms with van der Waals surface area (Å²) in [6.07, 6.45) is 1.93. The van der Waals surface area contributed by atoms with Gasteiger partial charge in [0.2, 0.25) is 15.6 Å². The first-order valence-electron chi connectivity index (χ1n) is 8.44. The largest absolute Gasteiger partial charge is 0.480 e.